The molecule has 0 atom stereocenters. The molecule has 50 heavy (non-hydrogen) atoms. The van der Waals surface area contributed by atoms with Crippen molar-refractivity contribution in [3.63, 3.8) is 0 Å². The van der Waals surface area contributed by atoms with Crippen molar-refractivity contribution in [1.82, 2.24) is 0 Å². The maximum absolute atomic E-state index is 3.67. The van der Waals surface area contributed by atoms with Crippen LogP contribution in [0, 0.1) is 24.3 Å². The van der Waals surface area contributed by atoms with Crippen molar-refractivity contribution in [2.24, 2.45) is 0 Å². The van der Waals surface area contributed by atoms with Gasteiger partial charge in [0, 0.05) is 0 Å². The third kappa shape index (κ3) is 15.5. The molecule has 270 valence electrons. The van der Waals surface area contributed by atoms with Gasteiger partial charge >= 0.3 is 28.4 Å². The summed E-state index contributed by atoms with van der Waals surface area (Å²) in [4.78, 5) is 0. The topological polar surface area (TPSA) is 0 Å². The Bertz CT molecular complexity index is 1480. The molecular formula is C47H60Cl2Zr-4. The average Bonchev–Trinajstić information content (AvgIpc) is 3.73. The Balaban J connectivity index is 0.000000698. The second-order valence-electron chi connectivity index (χ2n) is 16.4. The normalized spacial score (nSPS) is 12.3. The Kier molecular flexibility index (Phi) is 20.3. The maximum atomic E-state index is 3.67. The van der Waals surface area contributed by atoms with E-state index in [0.717, 1.165) is 12.8 Å². The van der Waals surface area contributed by atoms with Crippen LogP contribution in [0.1, 0.15) is 123 Å². The molecule has 0 unspecified atom stereocenters. The van der Waals surface area contributed by atoms with E-state index in [0.29, 0.717) is 0 Å². The van der Waals surface area contributed by atoms with Gasteiger partial charge in [-0.3, -0.25) is 6.08 Å². The van der Waals surface area contributed by atoms with Crippen LogP contribution in [0.2, 0.25) is 0 Å². The fourth-order valence-corrected chi connectivity index (χ4v) is 5.14. The van der Waals surface area contributed by atoms with Gasteiger partial charge in [-0.05, 0) is 39.2 Å². The minimum absolute atomic E-state index is 0. The van der Waals surface area contributed by atoms with Gasteiger partial charge in [-0.1, -0.05) is 107 Å². The van der Waals surface area contributed by atoms with Gasteiger partial charge in [-0.2, -0.15) is 102 Å². The number of hydrogen-bond acceptors (Lipinski definition) is 0. The molecule has 0 bridgehead atoms. The predicted molar refractivity (Wildman–Crippen MR) is 222 cm³/mol. The summed E-state index contributed by atoms with van der Waals surface area (Å²) in [6.45, 7) is 26.9. The van der Waals surface area contributed by atoms with E-state index in [1.807, 2.05) is 36.4 Å². The standard InChI is InChI=1S/C21H25.2C10H13.C5H5.CH2.2ClH.Zr/c1-20(2,3)16-7-9-18-14(12-16)11-15-13-17(21(4,5)6)8-10-19(15)18;2*1-10(2,3)9-7-5-4-6-8-9;1-2-4-5-3-1;;;;/h7-10,12H,11H2,1-6H3;2*5-8H,1-3H3;1-3H,4H2;1H2;2*1H;/q4*-1;;;;. The summed E-state index contributed by atoms with van der Waals surface area (Å²) in [6.07, 6.45) is 11.0. The quantitative estimate of drug-likeness (QED) is 0.137. The van der Waals surface area contributed by atoms with E-state index in [-0.39, 0.29) is 46.5 Å². The van der Waals surface area contributed by atoms with Crippen LogP contribution in [0.15, 0.2) is 97.1 Å². The first kappa shape index (κ1) is 47.7. The fourth-order valence-electron chi connectivity index (χ4n) is 5.14. The molecule has 3 heteroatoms. The first-order chi connectivity index (χ1) is 22.4. The van der Waals surface area contributed by atoms with Gasteiger partial charge in [0.15, 0.2) is 0 Å². The van der Waals surface area contributed by atoms with Crippen LogP contribution in [0.5, 0.6) is 0 Å². The number of hydrogen-bond donors (Lipinski definition) is 0. The van der Waals surface area contributed by atoms with E-state index in [9.17, 15) is 0 Å². The van der Waals surface area contributed by atoms with Crippen molar-refractivity contribution >= 4 is 29.0 Å². The van der Waals surface area contributed by atoms with E-state index in [1.54, 1.807) is 0 Å². The zero-order chi connectivity index (χ0) is 36.2. The number of benzene rings is 4. The Labute approximate surface area is 334 Å². The van der Waals surface area contributed by atoms with Gasteiger partial charge in [0.25, 0.3) is 0 Å². The Morgan fingerprint density at radius 3 is 1.36 bits per heavy atom. The van der Waals surface area contributed by atoms with E-state index < -0.39 is 0 Å². The van der Waals surface area contributed by atoms with Crippen molar-refractivity contribution in [3.05, 3.63) is 155 Å². The van der Waals surface area contributed by atoms with Crippen molar-refractivity contribution < 1.29 is 24.2 Å². The average molecular weight is 787 g/mol. The summed E-state index contributed by atoms with van der Waals surface area (Å²) in [5, 5.41) is 0. The van der Waals surface area contributed by atoms with Crippen LogP contribution < -0.4 is 0 Å². The minimum atomic E-state index is 0. The Morgan fingerprint density at radius 1 is 0.560 bits per heavy atom. The van der Waals surface area contributed by atoms with Gasteiger partial charge in [0.05, 0.1) is 0 Å². The van der Waals surface area contributed by atoms with E-state index in [4.69, 9.17) is 0 Å². The summed E-state index contributed by atoms with van der Waals surface area (Å²) in [7, 11) is 0. The van der Waals surface area contributed by atoms with Crippen LogP contribution in [0.3, 0.4) is 0 Å². The van der Waals surface area contributed by atoms with Crippen LogP contribution >= 0.6 is 24.8 Å². The molecule has 0 saturated heterocycles. The van der Waals surface area contributed by atoms with Crippen LogP contribution in [-0.2, 0) is 52.3 Å². The summed E-state index contributed by atoms with van der Waals surface area (Å²) in [6, 6.07) is 37.5. The molecule has 0 aromatic heterocycles. The van der Waals surface area contributed by atoms with Crippen LogP contribution in [0.4, 0.5) is 0 Å². The van der Waals surface area contributed by atoms with Gasteiger partial charge in [0.2, 0.25) is 0 Å². The van der Waals surface area contributed by atoms with Crippen molar-refractivity contribution in [2.45, 2.75) is 118 Å². The zero-order valence-corrected chi connectivity index (χ0v) is 36.8. The predicted octanol–water partition coefficient (Wildman–Crippen LogP) is 13.3. The van der Waals surface area contributed by atoms with E-state index in [1.165, 1.54) is 68.7 Å². The van der Waals surface area contributed by atoms with Gasteiger partial charge in [-0.15, -0.1) is 42.4 Å². The SMILES string of the molecule is CC(C)(C)c1[c-]c2c(cc1)-c1ccc(C(C)(C)C)cc1C2.CC(C)(C)c1cc[c-]cc1.CC(C)(C)c1cc[c-]cc1.Cl.Cl.[C-]1=CC=CC1.[CH2]=[Zr]. The van der Waals surface area contributed by atoms with Crippen LogP contribution in [0.25, 0.3) is 11.1 Å². The molecule has 2 aliphatic rings. The molecule has 6 rings (SSSR count). The molecule has 0 nitrogen and oxygen atoms in total. The molecule has 4 aromatic carbocycles. The molecule has 0 spiro atoms. The van der Waals surface area contributed by atoms with Gasteiger partial charge in [-0.25, -0.2) is 12.2 Å². The second-order valence-corrected chi connectivity index (χ2v) is 16.4. The third-order valence-corrected chi connectivity index (χ3v) is 8.22. The molecule has 0 amide bonds. The number of fused-ring (bicyclic) bond motifs is 3. The monoisotopic (exact) mass is 784 g/mol. The molecular weight excluding hydrogens is 727 g/mol. The molecule has 0 radical (unpaired) electrons. The molecule has 0 heterocycles. The van der Waals surface area contributed by atoms with E-state index >= 15 is 0 Å². The number of rotatable bonds is 0. The molecule has 0 fully saturated rings. The zero-order valence-electron chi connectivity index (χ0n) is 32.7. The Hall–Kier alpha value is -2.31. The summed E-state index contributed by atoms with van der Waals surface area (Å²) in [5.74, 6) is 0. The summed E-state index contributed by atoms with van der Waals surface area (Å²) < 4.78 is 3.34. The van der Waals surface area contributed by atoms with Gasteiger partial charge < -0.3 is 0 Å². The number of halogens is 2. The van der Waals surface area contributed by atoms with Gasteiger partial charge in [0.1, 0.15) is 0 Å². The summed E-state index contributed by atoms with van der Waals surface area (Å²) >= 11 is 1.30. The molecule has 4 aromatic rings. The first-order valence-electron chi connectivity index (χ1n) is 17.1. The molecule has 0 saturated carbocycles. The first-order valence-corrected chi connectivity index (χ1v) is 18.8. The van der Waals surface area contributed by atoms with Crippen molar-refractivity contribution in [2.75, 3.05) is 0 Å². The number of allylic oxidation sites excluding steroid dienone is 4. The third-order valence-electron chi connectivity index (χ3n) is 8.22. The molecule has 2 aliphatic carbocycles. The van der Waals surface area contributed by atoms with Crippen molar-refractivity contribution in [3.8, 4) is 11.1 Å². The molecule has 0 N–H and O–H groups in total. The summed E-state index contributed by atoms with van der Waals surface area (Å²) in [5.41, 5.74) is 12.0. The molecule has 0 aliphatic heterocycles. The van der Waals surface area contributed by atoms with E-state index in [2.05, 4.69) is 172 Å². The van der Waals surface area contributed by atoms with Crippen LogP contribution in [-0.4, -0.2) is 4.21 Å². The Morgan fingerprint density at radius 2 is 1.02 bits per heavy atom. The second kappa shape index (κ2) is 21.3. The fraction of sp³-hybridized carbons (Fsp3) is 0.383. The van der Waals surface area contributed by atoms with Crippen molar-refractivity contribution in [1.29, 1.82) is 0 Å².